The molecular formula is C23H18F6N4O5. The molecule has 2 aromatic carbocycles. The number of nitrogens with one attached hydrogen (secondary N) is 1. The van der Waals surface area contributed by atoms with Gasteiger partial charge >= 0.3 is 18.2 Å². The molecule has 0 spiro atoms. The van der Waals surface area contributed by atoms with Gasteiger partial charge in [-0.05, 0) is 23.8 Å². The number of alkyl halides is 6. The molecule has 0 unspecified atom stereocenters. The van der Waals surface area contributed by atoms with Crippen LogP contribution in [0, 0.1) is 0 Å². The van der Waals surface area contributed by atoms with Gasteiger partial charge in [0.2, 0.25) is 0 Å². The molecule has 15 heteroatoms. The van der Waals surface area contributed by atoms with Gasteiger partial charge in [0.05, 0.1) is 6.54 Å². The van der Waals surface area contributed by atoms with E-state index in [4.69, 9.17) is 4.74 Å². The number of aliphatic hydroxyl groups excluding tert-OH is 1. The number of aromatic nitrogens is 4. The van der Waals surface area contributed by atoms with Gasteiger partial charge < -0.3 is 19.1 Å². The number of hydrogen-bond donors (Lipinski definition) is 2. The van der Waals surface area contributed by atoms with Crippen LogP contribution in [-0.4, -0.2) is 42.9 Å². The average molecular weight is 544 g/mol. The van der Waals surface area contributed by atoms with Gasteiger partial charge in [0.25, 0.3) is 5.56 Å². The standard InChI is InChI=1S/C23H18F6N4O5/c1-32-17-19(33(21(36)31-20(17)35)10-16(34)22(24,25)26)30-18(32)13-7-8-14(15(9-13)38-23(27,28)29)37-11-12-5-3-2-4-6-12/h2-9,16,34H,10-11H2,1H3,(H,31,35,36)/t16-/m0/s1. The highest BCUT2D eigenvalue weighted by Gasteiger charge is 2.39. The van der Waals surface area contributed by atoms with Crippen LogP contribution < -0.4 is 20.7 Å². The number of aromatic amines is 1. The van der Waals surface area contributed by atoms with Crippen molar-refractivity contribution in [3.05, 3.63) is 74.9 Å². The normalized spacial score (nSPS) is 13.1. The number of hydrogen-bond acceptors (Lipinski definition) is 6. The number of fused-ring (bicyclic) bond motifs is 1. The van der Waals surface area contributed by atoms with Crippen molar-refractivity contribution in [3.8, 4) is 22.9 Å². The molecule has 1 atom stereocenters. The highest BCUT2D eigenvalue weighted by atomic mass is 19.4. The molecular weight excluding hydrogens is 526 g/mol. The van der Waals surface area contributed by atoms with E-state index in [9.17, 15) is 41.0 Å². The third kappa shape index (κ3) is 5.66. The van der Waals surface area contributed by atoms with Crippen LogP contribution in [0.2, 0.25) is 0 Å². The molecule has 0 aliphatic rings. The Morgan fingerprint density at radius 3 is 2.34 bits per heavy atom. The summed E-state index contributed by atoms with van der Waals surface area (Å²) in [6, 6.07) is 12.0. The third-order valence-corrected chi connectivity index (χ3v) is 5.41. The van der Waals surface area contributed by atoms with Crippen molar-refractivity contribution >= 4 is 11.2 Å². The fraction of sp³-hybridized carbons (Fsp3) is 0.261. The maximum Gasteiger partial charge on any atom is 0.573 e. The Labute approximate surface area is 208 Å². The van der Waals surface area contributed by atoms with Gasteiger partial charge in [-0.15, -0.1) is 13.2 Å². The number of imidazole rings is 1. The smallest absolute Gasteiger partial charge is 0.485 e. The molecule has 0 radical (unpaired) electrons. The first-order chi connectivity index (χ1) is 17.7. The lowest BCUT2D eigenvalue weighted by atomic mass is 10.2. The van der Waals surface area contributed by atoms with Crippen LogP contribution in [0.4, 0.5) is 26.3 Å². The minimum atomic E-state index is -5.10. The molecule has 0 amide bonds. The second kappa shape index (κ2) is 9.89. The molecule has 4 aromatic rings. The molecule has 38 heavy (non-hydrogen) atoms. The Morgan fingerprint density at radius 2 is 1.71 bits per heavy atom. The van der Waals surface area contributed by atoms with E-state index in [0.717, 1.165) is 10.6 Å². The summed E-state index contributed by atoms with van der Waals surface area (Å²) in [4.78, 5) is 30.6. The van der Waals surface area contributed by atoms with Crippen molar-refractivity contribution in [2.24, 2.45) is 7.05 Å². The van der Waals surface area contributed by atoms with Crippen LogP contribution in [0.5, 0.6) is 11.5 Å². The van der Waals surface area contributed by atoms with Crippen LogP contribution in [0.3, 0.4) is 0 Å². The quantitative estimate of drug-likeness (QED) is 0.345. The second-order valence-electron chi connectivity index (χ2n) is 8.08. The summed E-state index contributed by atoms with van der Waals surface area (Å²) < 4.78 is 89.2. The zero-order valence-electron chi connectivity index (χ0n) is 19.3. The molecule has 2 aromatic heterocycles. The topological polar surface area (TPSA) is 111 Å². The van der Waals surface area contributed by atoms with Gasteiger partial charge in [0.15, 0.2) is 28.8 Å². The van der Waals surface area contributed by atoms with Gasteiger partial charge in [-0.2, -0.15) is 13.2 Å². The third-order valence-electron chi connectivity index (χ3n) is 5.41. The van der Waals surface area contributed by atoms with Crippen molar-refractivity contribution in [1.29, 1.82) is 0 Å². The lowest BCUT2D eigenvalue weighted by Gasteiger charge is -2.15. The molecule has 0 bridgehead atoms. The van der Waals surface area contributed by atoms with Crippen LogP contribution in [0.1, 0.15) is 5.56 Å². The zero-order chi connectivity index (χ0) is 27.8. The predicted molar refractivity (Wildman–Crippen MR) is 121 cm³/mol. The summed E-state index contributed by atoms with van der Waals surface area (Å²) in [5.41, 5.74) is -2.49. The van der Waals surface area contributed by atoms with E-state index in [1.54, 1.807) is 30.3 Å². The number of aryl methyl sites for hydroxylation is 1. The Kier molecular flexibility index (Phi) is 6.97. The highest BCUT2D eigenvalue weighted by Crippen LogP contribution is 2.37. The van der Waals surface area contributed by atoms with E-state index in [1.807, 2.05) is 4.98 Å². The minimum absolute atomic E-state index is 0.0372. The summed E-state index contributed by atoms with van der Waals surface area (Å²) in [6.07, 6.45) is -13.1. The van der Waals surface area contributed by atoms with Crippen LogP contribution in [0.25, 0.3) is 22.6 Å². The number of rotatable bonds is 7. The molecule has 0 aliphatic carbocycles. The molecule has 0 aliphatic heterocycles. The lowest BCUT2D eigenvalue weighted by Crippen LogP contribution is -2.39. The fourth-order valence-electron chi connectivity index (χ4n) is 3.66. The maximum atomic E-state index is 13.1. The van der Waals surface area contributed by atoms with Gasteiger partial charge in [0.1, 0.15) is 12.4 Å². The summed E-state index contributed by atoms with van der Waals surface area (Å²) >= 11 is 0. The molecule has 202 valence electrons. The Balaban J connectivity index is 1.80. The highest BCUT2D eigenvalue weighted by molar-refractivity contribution is 5.77. The summed E-state index contributed by atoms with van der Waals surface area (Å²) in [6.45, 7) is -1.36. The first-order valence-electron chi connectivity index (χ1n) is 10.8. The first-order valence-corrected chi connectivity index (χ1v) is 10.8. The number of aliphatic hydroxyl groups is 1. The number of benzene rings is 2. The van der Waals surface area contributed by atoms with E-state index in [-0.39, 0.29) is 29.3 Å². The molecule has 0 fully saturated rings. The molecule has 2 heterocycles. The number of H-pyrrole nitrogens is 1. The maximum absolute atomic E-state index is 13.1. The van der Waals surface area contributed by atoms with E-state index >= 15 is 0 Å². The molecule has 0 saturated heterocycles. The van der Waals surface area contributed by atoms with Gasteiger partial charge in [-0.25, -0.2) is 9.78 Å². The molecule has 2 N–H and O–H groups in total. The van der Waals surface area contributed by atoms with Crippen LogP contribution in [-0.2, 0) is 20.2 Å². The van der Waals surface area contributed by atoms with E-state index in [0.29, 0.717) is 10.1 Å². The van der Waals surface area contributed by atoms with Crippen molar-refractivity contribution in [2.75, 3.05) is 0 Å². The first kappa shape index (κ1) is 26.8. The summed E-state index contributed by atoms with van der Waals surface area (Å²) in [7, 11) is 1.28. The van der Waals surface area contributed by atoms with Gasteiger partial charge in [0, 0.05) is 12.6 Å². The molecule has 9 nitrogen and oxygen atoms in total. The van der Waals surface area contributed by atoms with Gasteiger partial charge in [-0.3, -0.25) is 14.3 Å². The van der Waals surface area contributed by atoms with E-state index < -0.39 is 47.8 Å². The van der Waals surface area contributed by atoms with Crippen LogP contribution in [0.15, 0.2) is 58.1 Å². The van der Waals surface area contributed by atoms with Crippen LogP contribution >= 0.6 is 0 Å². The zero-order valence-corrected chi connectivity index (χ0v) is 19.3. The predicted octanol–water partition coefficient (Wildman–Crippen LogP) is 3.49. The average Bonchev–Trinajstić information content (AvgIpc) is 3.17. The number of nitrogens with zero attached hydrogens (tertiary/aromatic N) is 3. The monoisotopic (exact) mass is 544 g/mol. The fourth-order valence-corrected chi connectivity index (χ4v) is 3.66. The Morgan fingerprint density at radius 1 is 1.03 bits per heavy atom. The number of halogens is 6. The molecule has 4 rings (SSSR count). The Hall–Kier alpha value is -4.27. The van der Waals surface area contributed by atoms with Crippen molar-refractivity contribution < 1.29 is 40.9 Å². The summed E-state index contributed by atoms with van der Waals surface area (Å²) in [5.74, 6) is -1.18. The summed E-state index contributed by atoms with van der Waals surface area (Å²) in [5, 5.41) is 9.45. The van der Waals surface area contributed by atoms with Crippen molar-refractivity contribution in [1.82, 2.24) is 19.1 Å². The second-order valence-corrected chi connectivity index (χ2v) is 8.08. The van der Waals surface area contributed by atoms with Gasteiger partial charge in [-0.1, -0.05) is 30.3 Å². The largest absolute Gasteiger partial charge is 0.573 e. The lowest BCUT2D eigenvalue weighted by molar-refractivity contribution is -0.275. The van der Waals surface area contributed by atoms with E-state index in [2.05, 4.69) is 9.72 Å². The minimum Gasteiger partial charge on any atom is -0.485 e. The Bertz CT molecular complexity index is 1570. The SMILES string of the molecule is Cn1c(-c2ccc(OCc3ccccc3)c(OC(F)(F)F)c2)nc2c1c(=O)[nH]c(=O)n2C[C@H](O)C(F)(F)F. The number of ether oxygens (including phenoxy) is 2. The van der Waals surface area contributed by atoms with Crippen molar-refractivity contribution in [2.45, 2.75) is 31.8 Å². The van der Waals surface area contributed by atoms with E-state index in [1.165, 1.54) is 19.2 Å². The van der Waals surface area contributed by atoms with Crippen molar-refractivity contribution in [3.63, 3.8) is 0 Å². The molecule has 0 saturated carbocycles.